The number of imidazole rings is 2. The molecule has 202 valence electrons. The molecule has 2 heterocycles. The number of hydrogen-bond donors (Lipinski definition) is 6. The molecule has 0 saturated carbocycles. The normalized spacial score (nSPS) is 14.9. The molecule has 0 aliphatic heterocycles. The van der Waals surface area contributed by atoms with Crippen molar-refractivity contribution in [2.45, 2.75) is 101 Å². The van der Waals surface area contributed by atoms with E-state index in [4.69, 9.17) is 33.1 Å². The van der Waals surface area contributed by atoms with Gasteiger partial charge < -0.3 is 42.3 Å². The Morgan fingerprint density at radius 3 is 1.33 bits per heavy atom. The molecule has 2 aromatic heterocycles. The van der Waals surface area contributed by atoms with Crippen LogP contribution in [0, 0.1) is 0 Å². The fraction of sp³-hybridized carbons (Fsp3) is 0.667. The van der Waals surface area contributed by atoms with E-state index in [2.05, 4.69) is 9.97 Å². The van der Waals surface area contributed by atoms with Gasteiger partial charge in [0.15, 0.2) is 0 Å². The molecule has 0 aliphatic rings. The van der Waals surface area contributed by atoms with Crippen LogP contribution in [0.1, 0.15) is 87.9 Å². The quantitative estimate of drug-likeness (QED) is 0.151. The van der Waals surface area contributed by atoms with E-state index >= 15 is 0 Å². The van der Waals surface area contributed by atoms with Gasteiger partial charge in [-0.1, -0.05) is 51.4 Å². The van der Waals surface area contributed by atoms with E-state index in [0.29, 0.717) is 11.4 Å². The van der Waals surface area contributed by atoms with Crippen molar-refractivity contribution in [1.29, 1.82) is 0 Å². The first kappa shape index (κ1) is 29.4. The number of aromatic nitrogens is 4. The number of carbonyl (C=O) groups is 2. The van der Waals surface area contributed by atoms with Gasteiger partial charge in [0, 0.05) is 25.2 Å². The van der Waals surface area contributed by atoms with Crippen LogP contribution in [0.25, 0.3) is 0 Å². The number of nitrogens with zero attached hydrogens (tertiary/aromatic N) is 4. The summed E-state index contributed by atoms with van der Waals surface area (Å²) in [5.41, 5.74) is 24.8. The van der Waals surface area contributed by atoms with Gasteiger partial charge in [0.2, 0.25) is 0 Å². The minimum atomic E-state index is -1.04. The van der Waals surface area contributed by atoms with Crippen LogP contribution in [0.3, 0.4) is 0 Å². The van der Waals surface area contributed by atoms with Gasteiger partial charge in [0.05, 0.1) is 36.4 Å². The summed E-state index contributed by atoms with van der Waals surface area (Å²) in [5.74, 6) is -2.08. The predicted octanol–water partition coefficient (Wildman–Crippen LogP) is 1.50. The molecule has 4 atom stereocenters. The monoisotopic (exact) mass is 506 g/mol. The molecule has 2 unspecified atom stereocenters. The van der Waals surface area contributed by atoms with Crippen molar-refractivity contribution in [3.63, 3.8) is 0 Å². The number of carboxylic acid groups (broad SMARTS) is 2. The maximum absolute atomic E-state index is 10.9. The van der Waals surface area contributed by atoms with E-state index in [1.54, 1.807) is 25.0 Å². The third kappa shape index (κ3) is 10.4. The van der Waals surface area contributed by atoms with Gasteiger partial charge in [-0.3, -0.25) is 9.59 Å². The molecule has 0 saturated heterocycles. The molecule has 0 aliphatic carbocycles. The second-order valence-electron chi connectivity index (χ2n) is 9.46. The number of hydrogen-bond acceptors (Lipinski definition) is 8. The second-order valence-corrected chi connectivity index (χ2v) is 9.46. The van der Waals surface area contributed by atoms with E-state index in [1.807, 2.05) is 9.13 Å². The highest BCUT2D eigenvalue weighted by Gasteiger charge is 2.16. The number of aliphatic carboxylic acids is 2. The van der Waals surface area contributed by atoms with Crippen molar-refractivity contribution in [1.82, 2.24) is 19.1 Å². The first-order valence-corrected chi connectivity index (χ1v) is 12.7. The Labute approximate surface area is 212 Å². The third-order valence-electron chi connectivity index (χ3n) is 6.32. The molecule has 0 bridgehead atoms. The first-order valence-electron chi connectivity index (χ1n) is 12.7. The van der Waals surface area contributed by atoms with Crippen LogP contribution in [0.2, 0.25) is 0 Å². The molecule has 12 heteroatoms. The van der Waals surface area contributed by atoms with Gasteiger partial charge in [-0.05, 0) is 12.8 Å². The molecule has 0 spiro atoms. The zero-order chi connectivity index (χ0) is 26.5. The standard InChI is InChI=1S/C24H42N8O4/c25-19(23(33)34)11-17-13-31(15-29-17)21(27)9-7-5-3-1-2-4-6-8-10-22(28)32-14-18(30-16-32)12-20(26)24(35)36/h13-16,19-22H,1-12,25-28H2,(H,33,34)(H,35,36)/t19-,20-,21?,22?/m0/s1. The molecule has 0 radical (unpaired) electrons. The summed E-state index contributed by atoms with van der Waals surface area (Å²) < 4.78 is 3.65. The van der Waals surface area contributed by atoms with Crippen LogP contribution in [0.15, 0.2) is 25.0 Å². The molecule has 0 amide bonds. The Balaban J connectivity index is 1.49. The zero-order valence-electron chi connectivity index (χ0n) is 20.9. The molecular weight excluding hydrogens is 464 g/mol. The Bertz CT molecular complexity index is 857. The predicted molar refractivity (Wildman–Crippen MR) is 136 cm³/mol. The largest absolute Gasteiger partial charge is 0.480 e. The minimum Gasteiger partial charge on any atom is -0.480 e. The number of carboxylic acids is 2. The van der Waals surface area contributed by atoms with Gasteiger partial charge in [-0.25, -0.2) is 9.97 Å². The van der Waals surface area contributed by atoms with Crippen LogP contribution in [-0.4, -0.2) is 53.3 Å². The highest BCUT2D eigenvalue weighted by atomic mass is 16.4. The van der Waals surface area contributed by atoms with Crippen LogP contribution in [0.4, 0.5) is 0 Å². The topological polar surface area (TPSA) is 214 Å². The minimum absolute atomic E-state index is 0.169. The molecule has 0 aromatic carbocycles. The highest BCUT2D eigenvalue weighted by molar-refractivity contribution is 5.73. The fourth-order valence-electron chi connectivity index (χ4n) is 4.02. The lowest BCUT2D eigenvalue weighted by atomic mass is 10.1. The SMILES string of the molecule is NC(CCCCCCCCCCC(N)n1cnc(C[C@H](N)C(=O)O)c1)n1cnc(C[C@H](N)C(=O)O)c1. The lowest BCUT2D eigenvalue weighted by Crippen LogP contribution is -2.32. The lowest BCUT2D eigenvalue weighted by Gasteiger charge is -2.13. The van der Waals surface area contributed by atoms with E-state index in [1.165, 1.54) is 25.7 Å². The lowest BCUT2D eigenvalue weighted by molar-refractivity contribution is -0.139. The summed E-state index contributed by atoms with van der Waals surface area (Å²) in [6.07, 6.45) is 17.6. The smallest absolute Gasteiger partial charge is 0.320 e. The molecule has 10 N–H and O–H groups in total. The van der Waals surface area contributed by atoms with Crippen molar-refractivity contribution >= 4 is 11.9 Å². The molecule has 0 fully saturated rings. The molecular formula is C24H42N8O4. The number of nitrogens with two attached hydrogens (primary N) is 4. The summed E-state index contributed by atoms with van der Waals surface area (Å²) in [4.78, 5) is 30.1. The van der Waals surface area contributed by atoms with Crippen molar-refractivity contribution in [3.05, 3.63) is 36.4 Å². The summed E-state index contributed by atoms with van der Waals surface area (Å²) in [6.45, 7) is 0. The first-order chi connectivity index (χ1) is 17.2. The maximum atomic E-state index is 10.9. The highest BCUT2D eigenvalue weighted by Crippen LogP contribution is 2.16. The number of rotatable bonds is 19. The average Bonchev–Trinajstić information content (AvgIpc) is 3.49. The van der Waals surface area contributed by atoms with Crippen LogP contribution >= 0.6 is 0 Å². The van der Waals surface area contributed by atoms with Gasteiger partial charge in [0.25, 0.3) is 0 Å². The molecule has 36 heavy (non-hydrogen) atoms. The maximum Gasteiger partial charge on any atom is 0.320 e. The average molecular weight is 507 g/mol. The van der Waals surface area contributed by atoms with Gasteiger partial charge in [-0.2, -0.15) is 0 Å². The number of unbranched alkanes of at least 4 members (excludes halogenated alkanes) is 7. The van der Waals surface area contributed by atoms with Gasteiger partial charge in [-0.15, -0.1) is 0 Å². The summed E-state index contributed by atoms with van der Waals surface area (Å²) >= 11 is 0. The van der Waals surface area contributed by atoms with E-state index < -0.39 is 24.0 Å². The Kier molecular flexibility index (Phi) is 12.5. The fourth-order valence-corrected chi connectivity index (χ4v) is 4.02. The van der Waals surface area contributed by atoms with Crippen molar-refractivity contribution < 1.29 is 19.8 Å². The van der Waals surface area contributed by atoms with E-state index in [9.17, 15) is 9.59 Å². The van der Waals surface area contributed by atoms with Crippen LogP contribution in [-0.2, 0) is 22.4 Å². The summed E-state index contributed by atoms with van der Waals surface area (Å²) in [6, 6.07) is -1.91. The third-order valence-corrected chi connectivity index (χ3v) is 6.32. The molecule has 2 rings (SSSR count). The second kappa shape index (κ2) is 15.3. The summed E-state index contributed by atoms with van der Waals surface area (Å²) in [7, 11) is 0. The summed E-state index contributed by atoms with van der Waals surface area (Å²) in [5, 5.41) is 17.8. The van der Waals surface area contributed by atoms with Crippen molar-refractivity contribution in [2.24, 2.45) is 22.9 Å². The van der Waals surface area contributed by atoms with Crippen molar-refractivity contribution in [3.8, 4) is 0 Å². The Morgan fingerprint density at radius 2 is 1.00 bits per heavy atom. The Morgan fingerprint density at radius 1 is 0.667 bits per heavy atom. The molecule has 2 aromatic rings. The van der Waals surface area contributed by atoms with Crippen LogP contribution in [0.5, 0.6) is 0 Å². The van der Waals surface area contributed by atoms with E-state index in [0.717, 1.165) is 38.5 Å². The van der Waals surface area contributed by atoms with Crippen molar-refractivity contribution in [2.75, 3.05) is 0 Å². The van der Waals surface area contributed by atoms with E-state index in [-0.39, 0.29) is 25.2 Å². The van der Waals surface area contributed by atoms with Gasteiger partial charge in [0.1, 0.15) is 12.1 Å². The molecule has 12 nitrogen and oxygen atoms in total. The van der Waals surface area contributed by atoms with Crippen LogP contribution < -0.4 is 22.9 Å². The Hall–Kier alpha value is -2.80. The zero-order valence-corrected chi connectivity index (χ0v) is 20.9. The van der Waals surface area contributed by atoms with Gasteiger partial charge >= 0.3 is 11.9 Å².